The van der Waals surface area contributed by atoms with Crippen LogP contribution in [0.2, 0.25) is 0 Å². The Labute approximate surface area is 164 Å². The lowest BCUT2D eigenvalue weighted by molar-refractivity contribution is -0.153. The fourth-order valence-electron chi connectivity index (χ4n) is 5.64. The first-order valence-corrected chi connectivity index (χ1v) is 10.2. The summed E-state index contributed by atoms with van der Waals surface area (Å²) in [5.74, 6) is 0.554. The van der Waals surface area contributed by atoms with Crippen molar-refractivity contribution in [2.45, 2.75) is 25.8 Å². The zero-order valence-electron chi connectivity index (χ0n) is 15.9. The predicted octanol–water partition coefficient (Wildman–Crippen LogP) is 1.81. The molecule has 2 bridgehead atoms. The first kappa shape index (κ1) is 17.8. The highest BCUT2D eigenvalue weighted by molar-refractivity contribution is 5.86. The van der Waals surface area contributed by atoms with Crippen LogP contribution >= 0.6 is 0 Å². The average molecular weight is 386 g/mol. The molecule has 2 heterocycles. The number of carboxylic acids is 1. The summed E-state index contributed by atoms with van der Waals surface area (Å²) < 4.78 is 10.8. The highest BCUT2D eigenvalue weighted by atomic mass is 16.7. The quantitative estimate of drug-likeness (QED) is 0.850. The molecule has 7 nitrogen and oxygen atoms in total. The Kier molecular flexibility index (Phi) is 4.42. The molecule has 1 aromatic rings. The van der Waals surface area contributed by atoms with Crippen LogP contribution in [0.5, 0.6) is 11.5 Å². The summed E-state index contributed by atoms with van der Waals surface area (Å²) in [5, 5.41) is 9.63. The monoisotopic (exact) mass is 386 g/mol. The van der Waals surface area contributed by atoms with Crippen molar-refractivity contribution in [3.8, 4) is 11.5 Å². The summed E-state index contributed by atoms with van der Waals surface area (Å²) in [6.07, 6.45) is 2.89. The Hall–Kier alpha value is -2.28. The number of amides is 1. The largest absolute Gasteiger partial charge is 0.481 e. The maximum atomic E-state index is 13.1. The van der Waals surface area contributed by atoms with Crippen molar-refractivity contribution in [1.29, 1.82) is 0 Å². The van der Waals surface area contributed by atoms with Crippen LogP contribution in [-0.4, -0.2) is 59.8 Å². The van der Waals surface area contributed by atoms with Gasteiger partial charge in [-0.05, 0) is 48.8 Å². The van der Waals surface area contributed by atoms with Gasteiger partial charge in [0.2, 0.25) is 12.7 Å². The van der Waals surface area contributed by atoms with E-state index in [1.807, 2.05) is 17.0 Å². The number of carboxylic acid groups (broad SMARTS) is 1. The second kappa shape index (κ2) is 6.95. The van der Waals surface area contributed by atoms with Gasteiger partial charge in [0, 0.05) is 32.7 Å². The molecule has 2 aliphatic heterocycles. The fraction of sp³-hybridized carbons (Fsp3) is 0.619. The van der Waals surface area contributed by atoms with Crippen LogP contribution in [0.1, 0.15) is 24.8 Å². The van der Waals surface area contributed by atoms with E-state index in [2.05, 4.69) is 11.0 Å². The first-order valence-electron chi connectivity index (χ1n) is 10.2. The van der Waals surface area contributed by atoms with Gasteiger partial charge in [0.05, 0.1) is 11.8 Å². The van der Waals surface area contributed by atoms with Crippen molar-refractivity contribution in [3.05, 3.63) is 23.8 Å². The van der Waals surface area contributed by atoms with Crippen molar-refractivity contribution in [1.82, 2.24) is 9.80 Å². The molecule has 2 saturated carbocycles. The average Bonchev–Trinajstić information content (AvgIpc) is 3.43. The molecule has 5 rings (SSSR count). The van der Waals surface area contributed by atoms with Gasteiger partial charge in [-0.25, -0.2) is 0 Å². The van der Waals surface area contributed by atoms with Gasteiger partial charge < -0.3 is 19.5 Å². The van der Waals surface area contributed by atoms with Gasteiger partial charge >= 0.3 is 5.97 Å². The molecule has 4 aliphatic rings. The van der Waals surface area contributed by atoms with E-state index in [9.17, 15) is 14.7 Å². The number of nitrogens with zero attached hydrogens (tertiary/aromatic N) is 2. The van der Waals surface area contributed by atoms with Crippen molar-refractivity contribution in [3.63, 3.8) is 0 Å². The molecule has 0 aromatic heterocycles. The Balaban J connectivity index is 1.19. The van der Waals surface area contributed by atoms with E-state index in [-0.39, 0.29) is 30.5 Å². The number of fused-ring (bicyclic) bond motifs is 3. The Bertz CT molecular complexity index is 789. The van der Waals surface area contributed by atoms with Crippen molar-refractivity contribution < 1.29 is 24.2 Å². The summed E-state index contributed by atoms with van der Waals surface area (Å²) >= 11 is 0. The van der Waals surface area contributed by atoms with E-state index in [1.54, 1.807) is 0 Å². The standard InChI is InChI=1S/C21H26N2O5/c24-20(18-14-2-3-15(10-14)19(18)21(25)26)23-7-5-22(6-8-23)11-13-1-4-16-17(9-13)28-12-27-16/h1,4,9,14-15,18-19H,2-3,5-8,10-12H2,(H,25,26). The molecule has 7 heteroatoms. The Morgan fingerprint density at radius 1 is 1.00 bits per heavy atom. The maximum Gasteiger partial charge on any atom is 0.307 e. The fourth-order valence-corrected chi connectivity index (χ4v) is 5.64. The Morgan fingerprint density at radius 3 is 2.46 bits per heavy atom. The molecular weight excluding hydrogens is 360 g/mol. The van der Waals surface area contributed by atoms with Crippen LogP contribution in [0.15, 0.2) is 18.2 Å². The number of aliphatic carboxylic acids is 1. The minimum Gasteiger partial charge on any atom is -0.481 e. The van der Waals surface area contributed by atoms with E-state index in [1.165, 1.54) is 5.56 Å². The van der Waals surface area contributed by atoms with Crippen molar-refractivity contribution in [2.24, 2.45) is 23.7 Å². The molecule has 28 heavy (non-hydrogen) atoms. The van der Waals surface area contributed by atoms with Crippen molar-refractivity contribution >= 4 is 11.9 Å². The third kappa shape index (κ3) is 3.02. The highest BCUT2D eigenvalue weighted by Crippen LogP contribution is 2.53. The lowest BCUT2D eigenvalue weighted by atomic mass is 9.78. The van der Waals surface area contributed by atoms with Crippen LogP contribution in [0.25, 0.3) is 0 Å². The number of rotatable bonds is 4. The van der Waals surface area contributed by atoms with Gasteiger partial charge in [0.15, 0.2) is 11.5 Å². The molecule has 0 spiro atoms. The molecule has 1 aromatic carbocycles. The van der Waals surface area contributed by atoms with Gasteiger partial charge in [0.1, 0.15) is 0 Å². The zero-order valence-corrected chi connectivity index (χ0v) is 15.9. The number of ether oxygens (including phenoxy) is 2. The first-order chi connectivity index (χ1) is 13.6. The molecule has 1 saturated heterocycles. The van der Waals surface area contributed by atoms with Gasteiger partial charge in [-0.1, -0.05) is 6.07 Å². The molecule has 4 atom stereocenters. The third-order valence-electron chi connectivity index (χ3n) is 7.01. The summed E-state index contributed by atoms with van der Waals surface area (Å²) in [6.45, 7) is 4.04. The minimum absolute atomic E-state index is 0.0716. The van der Waals surface area contributed by atoms with E-state index in [4.69, 9.17) is 9.47 Å². The molecule has 3 fully saturated rings. The minimum atomic E-state index is -0.785. The number of carbonyl (C=O) groups is 2. The molecule has 0 radical (unpaired) electrons. The number of hydrogen-bond donors (Lipinski definition) is 1. The van der Waals surface area contributed by atoms with Crippen LogP contribution in [-0.2, 0) is 16.1 Å². The topological polar surface area (TPSA) is 79.3 Å². The predicted molar refractivity (Wildman–Crippen MR) is 99.9 cm³/mol. The zero-order chi connectivity index (χ0) is 19.3. The summed E-state index contributed by atoms with van der Waals surface area (Å²) in [5.41, 5.74) is 1.17. The third-order valence-corrected chi connectivity index (χ3v) is 7.01. The SMILES string of the molecule is O=C(O)C1C2CCC(C2)C1C(=O)N1CCN(Cc2ccc3c(c2)OCO3)CC1. The molecule has 1 N–H and O–H groups in total. The van der Waals surface area contributed by atoms with Gasteiger partial charge in [-0.15, -0.1) is 0 Å². The second-order valence-corrected chi connectivity index (χ2v) is 8.51. The number of carbonyl (C=O) groups excluding carboxylic acids is 1. The summed E-state index contributed by atoms with van der Waals surface area (Å²) in [6, 6.07) is 6.02. The molecule has 150 valence electrons. The summed E-state index contributed by atoms with van der Waals surface area (Å²) in [7, 11) is 0. The lowest BCUT2D eigenvalue weighted by Gasteiger charge is -2.38. The van der Waals surface area contributed by atoms with E-state index < -0.39 is 11.9 Å². The van der Waals surface area contributed by atoms with Crippen LogP contribution in [0, 0.1) is 23.7 Å². The number of hydrogen-bond acceptors (Lipinski definition) is 5. The Morgan fingerprint density at radius 2 is 1.71 bits per heavy atom. The van der Waals surface area contributed by atoms with Crippen LogP contribution in [0.4, 0.5) is 0 Å². The highest BCUT2D eigenvalue weighted by Gasteiger charge is 2.54. The smallest absolute Gasteiger partial charge is 0.307 e. The molecule has 2 aliphatic carbocycles. The molecular formula is C21H26N2O5. The summed E-state index contributed by atoms with van der Waals surface area (Å²) in [4.78, 5) is 29.1. The molecule has 1 amide bonds. The number of benzene rings is 1. The molecule has 4 unspecified atom stereocenters. The van der Waals surface area contributed by atoms with E-state index in [0.717, 1.165) is 50.4 Å². The van der Waals surface area contributed by atoms with Gasteiger partial charge in [0.25, 0.3) is 0 Å². The maximum absolute atomic E-state index is 13.1. The number of piperazine rings is 1. The van der Waals surface area contributed by atoms with Gasteiger partial charge in [-0.3, -0.25) is 14.5 Å². The lowest BCUT2D eigenvalue weighted by Crippen LogP contribution is -2.52. The van der Waals surface area contributed by atoms with Crippen molar-refractivity contribution in [2.75, 3.05) is 33.0 Å². The second-order valence-electron chi connectivity index (χ2n) is 8.51. The van der Waals surface area contributed by atoms with E-state index in [0.29, 0.717) is 13.1 Å². The van der Waals surface area contributed by atoms with E-state index >= 15 is 0 Å². The van der Waals surface area contributed by atoms with Crippen LogP contribution < -0.4 is 9.47 Å². The normalized spacial score (nSPS) is 31.4. The van der Waals surface area contributed by atoms with Crippen LogP contribution in [0.3, 0.4) is 0 Å². The van der Waals surface area contributed by atoms with Gasteiger partial charge in [-0.2, -0.15) is 0 Å².